The molecule has 0 aliphatic rings. The molecule has 134 valence electrons. The number of nitrogens with one attached hydrogen (secondary N) is 1. The van der Waals surface area contributed by atoms with Gasteiger partial charge in [-0.05, 0) is 25.7 Å². The van der Waals surface area contributed by atoms with Crippen molar-refractivity contribution < 1.29 is 44.6 Å². The average molecular weight is 338 g/mol. The fourth-order valence-corrected chi connectivity index (χ4v) is 1.58. The average Bonchev–Trinajstić information content (AvgIpc) is 2.45. The van der Waals surface area contributed by atoms with Gasteiger partial charge >= 0.3 is 18.0 Å². The number of nitrogens with zero attached hydrogens (tertiary/aromatic N) is 1. The zero-order valence-electron chi connectivity index (χ0n) is 12.5. The number of hydrogen-bond acceptors (Lipinski definition) is 8. The fourth-order valence-electron chi connectivity index (χ4n) is 1.58. The number of ether oxygens (including phenoxy) is 1. The van der Waals surface area contributed by atoms with Crippen LogP contribution in [0.15, 0.2) is 0 Å². The van der Waals surface area contributed by atoms with Crippen molar-refractivity contribution in [1.82, 2.24) is 10.7 Å². The molecule has 0 heterocycles. The molecule has 1 amide bonds. The van der Waals surface area contributed by atoms with Crippen LogP contribution < -0.4 is 5.32 Å². The van der Waals surface area contributed by atoms with E-state index < -0.39 is 24.1 Å². The van der Waals surface area contributed by atoms with Crippen molar-refractivity contribution in [3.05, 3.63) is 0 Å². The Hall–Kier alpha value is -1.95. The normalized spacial score (nSPS) is 12.0. The summed E-state index contributed by atoms with van der Waals surface area (Å²) in [5.41, 5.74) is 0. The van der Waals surface area contributed by atoms with Crippen molar-refractivity contribution in [3.8, 4) is 0 Å². The number of aliphatic carboxylic acids is 2. The second kappa shape index (κ2) is 12.6. The summed E-state index contributed by atoms with van der Waals surface area (Å²) in [6.45, 7) is 0.225. The van der Waals surface area contributed by atoms with Gasteiger partial charge in [0, 0.05) is 6.42 Å². The minimum atomic E-state index is -1.33. The van der Waals surface area contributed by atoms with Crippen LogP contribution in [0.1, 0.15) is 38.5 Å². The summed E-state index contributed by atoms with van der Waals surface area (Å²) < 4.78 is 4.79. The molecular formula is C12H22N2O9. The first-order valence-corrected chi connectivity index (χ1v) is 7.01. The van der Waals surface area contributed by atoms with Gasteiger partial charge < -0.3 is 20.3 Å². The highest BCUT2D eigenvalue weighted by molar-refractivity contribution is 5.80. The van der Waals surface area contributed by atoms with Gasteiger partial charge in [0.1, 0.15) is 6.04 Å². The first-order valence-electron chi connectivity index (χ1n) is 7.01. The standard InChI is InChI=1S/C12H22N2O9/c15-10(16)6-5-9(11(17)18)13-12(19)22-7-3-1-2-4-8-23-14(20)21/h9,20-21H,1-8H2,(H,13,19)(H,15,16)(H,17,18). The van der Waals surface area contributed by atoms with Crippen LogP contribution in [0, 0.1) is 0 Å². The number of alkyl carbamates (subject to hydrolysis) is 1. The highest BCUT2D eigenvalue weighted by Crippen LogP contribution is 2.02. The molecule has 0 aromatic heterocycles. The van der Waals surface area contributed by atoms with E-state index in [0.29, 0.717) is 19.3 Å². The largest absolute Gasteiger partial charge is 0.481 e. The third kappa shape index (κ3) is 13.4. The molecule has 0 aromatic rings. The van der Waals surface area contributed by atoms with Crippen LogP contribution in [0.5, 0.6) is 0 Å². The Labute approximate surface area is 132 Å². The molecule has 1 unspecified atom stereocenters. The fraction of sp³-hybridized carbons (Fsp3) is 0.750. The molecule has 0 rings (SSSR count). The lowest BCUT2D eigenvalue weighted by Gasteiger charge is -2.13. The van der Waals surface area contributed by atoms with Crippen LogP contribution in [0.2, 0.25) is 0 Å². The van der Waals surface area contributed by atoms with Gasteiger partial charge in [0.15, 0.2) is 0 Å². The van der Waals surface area contributed by atoms with Gasteiger partial charge in [0.05, 0.1) is 18.6 Å². The van der Waals surface area contributed by atoms with E-state index in [-0.39, 0.29) is 31.4 Å². The molecule has 0 saturated carbocycles. The van der Waals surface area contributed by atoms with Crippen LogP contribution in [0.4, 0.5) is 4.79 Å². The van der Waals surface area contributed by atoms with Crippen molar-refractivity contribution in [2.24, 2.45) is 0 Å². The van der Waals surface area contributed by atoms with Crippen LogP contribution in [0.25, 0.3) is 0 Å². The predicted octanol–water partition coefficient (Wildman–Crippen LogP) is 0.603. The molecule has 0 radical (unpaired) electrons. The van der Waals surface area contributed by atoms with E-state index in [0.717, 1.165) is 6.42 Å². The lowest BCUT2D eigenvalue weighted by Crippen LogP contribution is -2.41. The molecule has 23 heavy (non-hydrogen) atoms. The zero-order valence-corrected chi connectivity index (χ0v) is 12.5. The summed E-state index contributed by atoms with van der Waals surface area (Å²) in [6.07, 6.45) is 1.03. The molecule has 1 atom stereocenters. The van der Waals surface area contributed by atoms with E-state index in [2.05, 4.69) is 10.2 Å². The van der Waals surface area contributed by atoms with Crippen molar-refractivity contribution >= 4 is 18.0 Å². The Bertz CT molecular complexity index is 376. The summed E-state index contributed by atoms with van der Waals surface area (Å²) in [5.74, 6) is -2.48. The number of hydrogen-bond donors (Lipinski definition) is 5. The second-order valence-corrected chi connectivity index (χ2v) is 4.60. The molecule has 11 heteroatoms. The van der Waals surface area contributed by atoms with Gasteiger partial charge in [-0.1, -0.05) is 6.42 Å². The van der Waals surface area contributed by atoms with Crippen LogP contribution >= 0.6 is 0 Å². The van der Waals surface area contributed by atoms with Crippen molar-refractivity contribution in [1.29, 1.82) is 0 Å². The van der Waals surface area contributed by atoms with E-state index in [1.54, 1.807) is 0 Å². The number of amides is 1. The number of carboxylic acid groups (broad SMARTS) is 2. The zero-order chi connectivity index (χ0) is 17.7. The Morgan fingerprint density at radius 1 is 1.00 bits per heavy atom. The van der Waals surface area contributed by atoms with E-state index in [4.69, 9.17) is 25.4 Å². The highest BCUT2D eigenvalue weighted by Gasteiger charge is 2.21. The Morgan fingerprint density at radius 3 is 2.13 bits per heavy atom. The third-order valence-electron chi connectivity index (χ3n) is 2.72. The van der Waals surface area contributed by atoms with Gasteiger partial charge in [-0.3, -0.25) is 20.0 Å². The molecule has 11 nitrogen and oxygen atoms in total. The van der Waals surface area contributed by atoms with Crippen LogP contribution in [-0.2, 0) is 19.2 Å². The van der Waals surface area contributed by atoms with E-state index in [1.165, 1.54) is 0 Å². The lowest BCUT2D eigenvalue weighted by atomic mass is 10.1. The molecule has 0 saturated heterocycles. The smallest absolute Gasteiger partial charge is 0.407 e. The maximum Gasteiger partial charge on any atom is 0.407 e. The minimum Gasteiger partial charge on any atom is -0.481 e. The first kappa shape index (κ1) is 21.0. The van der Waals surface area contributed by atoms with Crippen molar-refractivity contribution in [2.45, 2.75) is 44.6 Å². The third-order valence-corrected chi connectivity index (χ3v) is 2.72. The number of carbonyl (C=O) groups is 3. The number of rotatable bonds is 13. The summed E-state index contributed by atoms with van der Waals surface area (Å²) in [4.78, 5) is 37.0. The molecule has 0 aliphatic heterocycles. The van der Waals surface area contributed by atoms with Gasteiger partial charge in [-0.15, -0.1) is 0 Å². The Balaban J connectivity index is 3.71. The summed E-state index contributed by atoms with van der Waals surface area (Å²) in [7, 11) is 0. The predicted molar refractivity (Wildman–Crippen MR) is 72.6 cm³/mol. The van der Waals surface area contributed by atoms with E-state index in [1.807, 2.05) is 0 Å². The molecule has 0 aromatic carbocycles. The number of unbranched alkanes of at least 4 members (excludes halogenated alkanes) is 3. The molecule has 0 fully saturated rings. The van der Waals surface area contributed by atoms with E-state index in [9.17, 15) is 14.4 Å². The molecule has 0 spiro atoms. The topological polar surface area (TPSA) is 166 Å². The maximum atomic E-state index is 11.4. The van der Waals surface area contributed by atoms with Gasteiger partial charge in [0.25, 0.3) is 0 Å². The number of carbonyl (C=O) groups excluding carboxylic acids is 1. The SMILES string of the molecule is O=C(O)CCC(NC(=O)OCCCCCCON(O)O)C(=O)O. The molecule has 0 aliphatic carbocycles. The van der Waals surface area contributed by atoms with Gasteiger partial charge in [-0.2, -0.15) is 0 Å². The highest BCUT2D eigenvalue weighted by atomic mass is 17.1. The molecular weight excluding hydrogens is 316 g/mol. The van der Waals surface area contributed by atoms with Crippen molar-refractivity contribution in [2.75, 3.05) is 13.2 Å². The Kier molecular flexibility index (Phi) is 11.5. The quantitative estimate of drug-likeness (QED) is 0.237. The summed E-state index contributed by atoms with van der Waals surface area (Å²) >= 11 is 0. The van der Waals surface area contributed by atoms with E-state index >= 15 is 0 Å². The lowest BCUT2D eigenvalue weighted by molar-refractivity contribution is -0.492. The Morgan fingerprint density at radius 2 is 1.61 bits per heavy atom. The molecule has 0 bridgehead atoms. The summed E-state index contributed by atoms with van der Waals surface area (Å²) in [5, 5.41) is 35.6. The number of carboxylic acids is 2. The second-order valence-electron chi connectivity index (χ2n) is 4.60. The summed E-state index contributed by atoms with van der Waals surface area (Å²) in [6, 6.07) is -1.31. The van der Waals surface area contributed by atoms with Crippen LogP contribution in [0.3, 0.4) is 0 Å². The van der Waals surface area contributed by atoms with Gasteiger partial charge in [-0.25, -0.2) is 9.59 Å². The first-order chi connectivity index (χ1) is 10.8. The van der Waals surface area contributed by atoms with Gasteiger partial charge in [0.2, 0.25) is 0 Å². The maximum absolute atomic E-state index is 11.4. The monoisotopic (exact) mass is 338 g/mol. The van der Waals surface area contributed by atoms with Crippen molar-refractivity contribution in [3.63, 3.8) is 0 Å². The minimum absolute atomic E-state index is 0.0874. The molecule has 5 N–H and O–H groups in total. The van der Waals surface area contributed by atoms with Crippen LogP contribution in [-0.4, -0.2) is 63.3 Å².